The highest BCUT2D eigenvalue weighted by atomic mass is 35.5. The van der Waals surface area contributed by atoms with Crippen LogP contribution in [-0.4, -0.2) is 34.5 Å². The lowest BCUT2D eigenvalue weighted by atomic mass is 9.96. The Bertz CT molecular complexity index is 2020. The van der Waals surface area contributed by atoms with Crippen molar-refractivity contribution >= 4 is 34.4 Å². The van der Waals surface area contributed by atoms with Gasteiger partial charge in [0.2, 0.25) is 5.75 Å². The van der Waals surface area contributed by atoms with E-state index in [0.717, 1.165) is 16.9 Å². The first kappa shape index (κ1) is 32.2. The van der Waals surface area contributed by atoms with Crippen molar-refractivity contribution in [3.8, 4) is 28.6 Å². The Morgan fingerprint density at radius 2 is 1.78 bits per heavy atom. The van der Waals surface area contributed by atoms with E-state index >= 15 is 0 Å². The highest BCUT2D eigenvalue weighted by molar-refractivity contribution is 6.31. The number of para-hydroxylation sites is 1. The maximum atomic E-state index is 13.9. The number of ether oxygens (including phenoxy) is 3. The van der Waals surface area contributed by atoms with Gasteiger partial charge in [-0.3, -0.25) is 14.9 Å². The van der Waals surface area contributed by atoms with E-state index in [4.69, 9.17) is 30.8 Å². The van der Waals surface area contributed by atoms with Crippen molar-refractivity contribution in [1.82, 2.24) is 9.66 Å². The Kier molecular flexibility index (Phi) is 9.67. The van der Waals surface area contributed by atoms with Crippen LogP contribution < -0.4 is 19.8 Å². The molecule has 236 valence electrons. The molecule has 0 atom stereocenters. The Morgan fingerprint density at radius 3 is 2.48 bits per heavy atom. The highest BCUT2D eigenvalue weighted by Gasteiger charge is 2.23. The molecule has 0 radical (unpaired) electrons. The van der Waals surface area contributed by atoms with E-state index < -0.39 is 10.5 Å². The van der Waals surface area contributed by atoms with Gasteiger partial charge in [-0.1, -0.05) is 55.8 Å². The molecule has 0 unspecified atom stereocenters. The second-order valence-electron chi connectivity index (χ2n) is 10.8. The van der Waals surface area contributed by atoms with Crippen LogP contribution in [0.5, 0.6) is 17.2 Å². The molecule has 0 aliphatic heterocycles. The Labute approximate surface area is 271 Å². The Hall–Kier alpha value is -5.22. The number of aryl methyl sites for hydroxylation is 1. The minimum Gasteiger partial charge on any atom is -0.494 e. The van der Waals surface area contributed by atoms with E-state index in [2.05, 4.69) is 18.9 Å². The maximum Gasteiger partial charge on any atom is 0.315 e. The van der Waals surface area contributed by atoms with Gasteiger partial charge in [-0.25, -0.2) is 4.98 Å². The summed E-state index contributed by atoms with van der Waals surface area (Å²) in [5, 5.41) is 17.5. The average Bonchev–Trinajstić information content (AvgIpc) is 3.04. The van der Waals surface area contributed by atoms with E-state index in [1.54, 1.807) is 48.5 Å². The molecule has 0 N–H and O–H groups in total. The summed E-state index contributed by atoms with van der Waals surface area (Å²) in [7, 11) is 1.39. The zero-order valence-electron chi connectivity index (χ0n) is 26.1. The molecular formula is C35H33ClN4O6. The molecule has 4 aromatic carbocycles. The monoisotopic (exact) mass is 640 g/mol. The number of aromatic nitrogens is 2. The van der Waals surface area contributed by atoms with Gasteiger partial charge in [0.15, 0.2) is 11.6 Å². The second kappa shape index (κ2) is 13.8. The van der Waals surface area contributed by atoms with Crippen molar-refractivity contribution < 1.29 is 19.1 Å². The third-order valence-electron chi connectivity index (χ3n) is 7.40. The van der Waals surface area contributed by atoms with Crippen molar-refractivity contribution in [3.05, 3.63) is 121 Å². The normalized spacial score (nSPS) is 11.4. The number of nitro benzene ring substituents is 1. The molecule has 46 heavy (non-hydrogen) atoms. The zero-order chi connectivity index (χ0) is 33.0. The number of benzene rings is 4. The van der Waals surface area contributed by atoms with Gasteiger partial charge < -0.3 is 14.2 Å². The molecule has 0 saturated carbocycles. The highest BCUT2D eigenvalue weighted by Crippen LogP contribution is 2.39. The van der Waals surface area contributed by atoms with Gasteiger partial charge in [0.25, 0.3) is 5.56 Å². The van der Waals surface area contributed by atoms with Crippen LogP contribution in [0.1, 0.15) is 48.9 Å². The number of fused-ring (bicyclic) bond motifs is 1. The molecule has 11 heteroatoms. The van der Waals surface area contributed by atoms with Crippen LogP contribution in [0.15, 0.2) is 82.7 Å². The molecule has 0 fully saturated rings. The summed E-state index contributed by atoms with van der Waals surface area (Å²) < 4.78 is 18.5. The standard InChI is InChI=1S/C35H33ClN4O6/c1-6-45-31-15-22(4)27(18-26(31)21(2)3)34-38-29-14-10-8-12-25(29)35(41)39(34)37-19-23-16-30(40(42)43)33(32(17-23)44-5)46-20-24-11-7-9-13-28(24)36/h7-19,21H,6,20H2,1-5H3. The lowest BCUT2D eigenvalue weighted by molar-refractivity contribution is -0.386. The lowest BCUT2D eigenvalue weighted by Crippen LogP contribution is -2.21. The number of hydrogen-bond acceptors (Lipinski definition) is 8. The minimum atomic E-state index is -0.562. The third kappa shape index (κ3) is 6.57. The van der Waals surface area contributed by atoms with Crippen LogP contribution in [0.2, 0.25) is 5.02 Å². The van der Waals surface area contributed by atoms with Gasteiger partial charge in [-0.05, 0) is 67.3 Å². The molecule has 0 amide bonds. The first-order valence-corrected chi connectivity index (χ1v) is 15.1. The number of nitro groups is 1. The Morgan fingerprint density at radius 1 is 1.04 bits per heavy atom. The first-order valence-electron chi connectivity index (χ1n) is 14.7. The molecule has 1 aromatic heterocycles. The predicted molar refractivity (Wildman–Crippen MR) is 180 cm³/mol. The van der Waals surface area contributed by atoms with E-state index in [1.165, 1.54) is 24.1 Å². The predicted octanol–water partition coefficient (Wildman–Crippen LogP) is 7.93. The van der Waals surface area contributed by atoms with Crippen molar-refractivity contribution in [2.24, 2.45) is 5.10 Å². The first-order chi connectivity index (χ1) is 22.1. The molecule has 5 rings (SSSR count). The number of halogens is 1. The third-order valence-corrected chi connectivity index (χ3v) is 7.77. The summed E-state index contributed by atoms with van der Waals surface area (Å²) in [6, 6.07) is 20.9. The number of nitrogens with zero attached hydrogens (tertiary/aromatic N) is 4. The minimum absolute atomic E-state index is 0.00831. The van der Waals surface area contributed by atoms with Gasteiger partial charge in [0, 0.05) is 27.8 Å². The fourth-order valence-electron chi connectivity index (χ4n) is 5.08. The van der Waals surface area contributed by atoms with Gasteiger partial charge in [-0.15, -0.1) is 0 Å². The van der Waals surface area contributed by atoms with Crippen LogP contribution in [0.4, 0.5) is 5.69 Å². The summed E-state index contributed by atoms with van der Waals surface area (Å²) in [4.78, 5) is 30.3. The van der Waals surface area contributed by atoms with Gasteiger partial charge in [0.05, 0.1) is 35.8 Å². The van der Waals surface area contributed by atoms with E-state index in [1.807, 2.05) is 32.0 Å². The summed E-state index contributed by atoms with van der Waals surface area (Å²) >= 11 is 6.25. The van der Waals surface area contributed by atoms with Gasteiger partial charge in [0.1, 0.15) is 12.4 Å². The molecule has 0 aliphatic carbocycles. The van der Waals surface area contributed by atoms with E-state index in [-0.39, 0.29) is 29.7 Å². The van der Waals surface area contributed by atoms with Crippen LogP contribution >= 0.6 is 11.6 Å². The number of methoxy groups -OCH3 is 1. The van der Waals surface area contributed by atoms with Crippen molar-refractivity contribution in [3.63, 3.8) is 0 Å². The fourth-order valence-corrected chi connectivity index (χ4v) is 5.27. The molecule has 0 saturated heterocycles. The zero-order valence-corrected chi connectivity index (χ0v) is 26.9. The smallest absolute Gasteiger partial charge is 0.315 e. The second-order valence-corrected chi connectivity index (χ2v) is 11.2. The SMILES string of the molecule is CCOc1cc(C)c(-c2nc3ccccc3c(=O)n2N=Cc2cc(OC)c(OCc3ccccc3Cl)c([N+](=O)[O-])c2)cc1C(C)C. The maximum absolute atomic E-state index is 13.9. The van der Waals surface area contributed by atoms with Crippen LogP contribution in [0.25, 0.3) is 22.3 Å². The average molecular weight is 641 g/mol. The number of rotatable bonds is 11. The summed E-state index contributed by atoms with van der Waals surface area (Å²) in [6.45, 7) is 8.50. The van der Waals surface area contributed by atoms with Crippen LogP contribution in [-0.2, 0) is 6.61 Å². The largest absolute Gasteiger partial charge is 0.494 e. The molecule has 0 bridgehead atoms. The Balaban J connectivity index is 1.64. The van der Waals surface area contributed by atoms with Crippen molar-refractivity contribution in [1.29, 1.82) is 0 Å². The van der Waals surface area contributed by atoms with Crippen molar-refractivity contribution in [2.45, 2.75) is 40.2 Å². The summed E-state index contributed by atoms with van der Waals surface area (Å²) in [6.07, 6.45) is 1.36. The molecule has 5 aromatic rings. The van der Waals surface area contributed by atoms with Crippen LogP contribution in [0.3, 0.4) is 0 Å². The van der Waals surface area contributed by atoms with E-state index in [9.17, 15) is 14.9 Å². The fraction of sp³-hybridized carbons (Fsp3) is 0.229. The molecule has 0 aliphatic rings. The summed E-state index contributed by atoms with van der Waals surface area (Å²) in [5.74, 6) is 1.30. The van der Waals surface area contributed by atoms with Gasteiger partial charge >= 0.3 is 5.69 Å². The summed E-state index contributed by atoms with van der Waals surface area (Å²) in [5.41, 5.74) is 3.28. The van der Waals surface area contributed by atoms with Crippen molar-refractivity contribution in [2.75, 3.05) is 13.7 Å². The molecule has 0 spiro atoms. The molecular weight excluding hydrogens is 608 g/mol. The van der Waals surface area contributed by atoms with E-state index in [0.29, 0.717) is 45.0 Å². The molecule has 10 nitrogen and oxygen atoms in total. The quantitative estimate of drug-likeness (QED) is 0.0817. The topological polar surface area (TPSA) is 118 Å². The number of hydrogen-bond donors (Lipinski definition) is 0. The lowest BCUT2D eigenvalue weighted by Gasteiger charge is -2.18. The van der Waals surface area contributed by atoms with Crippen LogP contribution in [0, 0.1) is 17.0 Å². The molecule has 1 heterocycles. The van der Waals surface area contributed by atoms with Gasteiger partial charge in [-0.2, -0.15) is 9.78 Å².